The number of carbonyl (C=O) groups excluding carboxylic acids is 1. The number of hydrogen-bond acceptors (Lipinski definition) is 4. The van der Waals surface area contributed by atoms with E-state index in [0.717, 1.165) is 25.7 Å². The molecule has 1 heterocycles. The first-order valence-corrected chi connectivity index (χ1v) is 8.04. The molecule has 0 bridgehead atoms. The maximum absolute atomic E-state index is 11.9. The fourth-order valence-corrected chi connectivity index (χ4v) is 2.99. The Bertz CT molecular complexity index is 291. The number of ether oxygens (including phenoxy) is 2. The van der Waals surface area contributed by atoms with Crippen LogP contribution in [0, 0.1) is 0 Å². The van der Waals surface area contributed by atoms with Gasteiger partial charge in [0, 0.05) is 13.1 Å². The van der Waals surface area contributed by atoms with Crippen molar-refractivity contribution in [3.05, 3.63) is 0 Å². The van der Waals surface area contributed by atoms with Gasteiger partial charge in [0.25, 0.3) is 0 Å². The lowest BCUT2D eigenvalue weighted by molar-refractivity contribution is -0.132. The highest BCUT2D eigenvalue weighted by Gasteiger charge is 2.29. The summed E-state index contributed by atoms with van der Waals surface area (Å²) < 4.78 is 11.4. The molecule has 2 rings (SSSR count). The molecule has 2 aliphatic rings. The van der Waals surface area contributed by atoms with Crippen LogP contribution in [-0.2, 0) is 14.3 Å². The van der Waals surface area contributed by atoms with Crippen molar-refractivity contribution in [2.75, 3.05) is 19.7 Å². The summed E-state index contributed by atoms with van der Waals surface area (Å²) in [5.41, 5.74) is 5.54. The van der Waals surface area contributed by atoms with Gasteiger partial charge in [-0.3, -0.25) is 4.79 Å². The Hall–Kier alpha value is -0.650. The van der Waals surface area contributed by atoms with Crippen LogP contribution in [0.5, 0.6) is 0 Å². The van der Waals surface area contributed by atoms with Crippen molar-refractivity contribution >= 4 is 5.91 Å². The number of rotatable bonds is 6. The van der Waals surface area contributed by atoms with Gasteiger partial charge in [-0.05, 0) is 25.7 Å². The van der Waals surface area contributed by atoms with E-state index in [-0.39, 0.29) is 18.1 Å². The van der Waals surface area contributed by atoms with Crippen molar-refractivity contribution in [3.63, 3.8) is 0 Å². The van der Waals surface area contributed by atoms with E-state index < -0.39 is 0 Å². The molecule has 0 aromatic heterocycles. The minimum Gasteiger partial charge on any atom is -0.376 e. The van der Waals surface area contributed by atoms with Crippen LogP contribution in [-0.4, -0.2) is 43.9 Å². The summed E-state index contributed by atoms with van der Waals surface area (Å²) in [4.78, 5) is 11.9. The normalized spacial score (nSPS) is 28.2. The summed E-state index contributed by atoms with van der Waals surface area (Å²) in [6.07, 6.45) is 9.31. The van der Waals surface area contributed by atoms with Crippen LogP contribution in [0.2, 0.25) is 0 Å². The highest BCUT2D eigenvalue weighted by Crippen LogP contribution is 2.20. The van der Waals surface area contributed by atoms with Crippen LogP contribution in [0.1, 0.15) is 51.4 Å². The highest BCUT2D eigenvalue weighted by atomic mass is 16.5. The predicted molar refractivity (Wildman–Crippen MR) is 77.4 cm³/mol. The Kier molecular flexibility index (Phi) is 6.76. The molecular weight excluding hydrogens is 256 g/mol. The number of nitrogens with two attached hydrogens (primary N) is 1. The monoisotopic (exact) mass is 284 g/mol. The Morgan fingerprint density at radius 1 is 1.15 bits per heavy atom. The average Bonchev–Trinajstić information content (AvgIpc) is 2.80. The number of nitrogens with one attached hydrogen (secondary N) is 1. The van der Waals surface area contributed by atoms with Gasteiger partial charge >= 0.3 is 0 Å². The van der Waals surface area contributed by atoms with Crippen LogP contribution < -0.4 is 11.1 Å². The van der Waals surface area contributed by atoms with Crippen molar-refractivity contribution in [2.45, 2.75) is 69.7 Å². The summed E-state index contributed by atoms with van der Waals surface area (Å²) in [7, 11) is 0. The second-order valence-electron chi connectivity index (χ2n) is 5.84. The van der Waals surface area contributed by atoms with Gasteiger partial charge < -0.3 is 20.5 Å². The largest absolute Gasteiger partial charge is 0.376 e. The summed E-state index contributed by atoms with van der Waals surface area (Å²) in [5, 5.41) is 2.89. The fourth-order valence-electron chi connectivity index (χ4n) is 2.99. The average molecular weight is 284 g/mol. The van der Waals surface area contributed by atoms with Gasteiger partial charge in [-0.2, -0.15) is 0 Å². The molecule has 116 valence electrons. The first-order valence-electron chi connectivity index (χ1n) is 8.04. The molecule has 1 amide bonds. The van der Waals surface area contributed by atoms with E-state index in [2.05, 4.69) is 5.32 Å². The lowest BCUT2D eigenvalue weighted by atomic mass is 10.1. The van der Waals surface area contributed by atoms with Gasteiger partial charge in [-0.25, -0.2) is 0 Å². The topological polar surface area (TPSA) is 73.6 Å². The van der Waals surface area contributed by atoms with Gasteiger partial charge in [0.05, 0.1) is 18.8 Å². The van der Waals surface area contributed by atoms with Crippen molar-refractivity contribution in [3.8, 4) is 0 Å². The molecule has 0 aromatic rings. The summed E-state index contributed by atoms with van der Waals surface area (Å²) in [5.74, 6) is -0.0228. The van der Waals surface area contributed by atoms with Gasteiger partial charge in [0.15, 0.2) is 0 Å². The van der Waals surface area contributed by atoms with Crippen LogP contribution in [0.15, 0.2) is 0 Å². The van der Waals surface area contributed by atoms with E-state index in [4.69, 9.17) is 15.2 Å². The quantitative estimate of drug-likeness (QED) is 0.570. The zero-order valence-corrected chi connectivity index (χ0v) is 12.3. The maximum Gasteiger partial charge on any atom is 0.249 e. The molecule has 0 unspecified atom stereocenters. The zero-order valence-electron chi connectivity index (χ0n) is 12.3. The third kappa shape index (κ3) is 5.04. The van der Waals surface area contributed by atoms with Gasteiger partial charge in [-0.1, -0.05) is 25.7 Å². The van der Waals surface area contributed by atoms with Gasteiger partial charge in [0.2, 0.25) is 5.91 Å². The maximum atomic E-state index is 11.9. The lowest BCUT2D eigenvalue weighted by Gasteiger charge is -2.16. The Morgan fingerprint density at radius 2 is 1.90 bits per heavy atom. The van der Waals surface area contributed by atoms with Gasteiger partial charge in [0.1, 0.15) is 6.10 Å². The fraction of sp³-hybridized carbons (Fsp3) is 0.933. The number of carbonyl (C=O) groups is 1. The molecule has 0 aromatic carbocycles. The lowest BCUT2D eigenvalue weighted by Crippen LogP contribution is -2.37. The standard InChI is InChI=1S/C15H28N2O3/c16-11-13-7-8-14(20-13)15(18)17-9-10-19-12-5-3-1-2-4-6-12/h12-14H,1-11,16H2,(H,17,18)/t13-,14+/m1/s1. The zero-order chi connectivity index (χ0) is 14.2. The molecule has 20 heavy (non-hydrogen) atoms. The smallest absolute Gasteiger partial charge is 0.249 e. The summed E-state index contributed by atoms with van der Waals surface area (Å²) in [6, 6.07) is 0. The predicted octanol–water partition coefficient (Wildman–Crippen LogP) is 1.35. The highest BCUT2D eigenvalue weighted by molar-refractivity contribution is 5.80. The molecule has 1 saturated heterocycles. The van der Waals surface area contributed by atoms with E-state index in [1.54, 1.807) is 0 Å². The SMILES string of the molecule is NC[C@H]1CC[C@@H](C(=O)NCCOC2CCCCCC2)O1. The Morgan fingerprint density at radius 3 is 2.55 bits per heavy atom. The van der Waals surface area contributed by atoms with Crippen molar-refractivity contribution in [2.24, 2.45) is 5.73 Å². The molecule has 1 saturated carbocycles. The molecule has 0 radical (unpaired) electrons. The number of amides is 1. The molecule has 2 atom stereocenters. The summed E-state index contributed by atoms with van der Waals surface area (Å²) >= 11 is 0. The summed E-state index contributed by atoms with van der Waals surface area (Å²) in [6.45, 7) is 1.67. The third-order valence-electron chi connectivity index (χ3n) is 4.22. The van der Waals surface area contributed by atoms with Crippen molar-refractivity contribution in [1.82, 2.24) is 5.32 Å². The first kappa shape index (κ1) is 15.7. The molecule has 5 nitrogen and oxygen atoms in total. The second-order valence-corrected chi connectivity index (χ2v) is 5.84. The molecular formula is C15H28N2O3. The van der Waals surface area contributed by atoms with E-state index in [0.29, 0.717) is 25.8 Å². The minimum atomic E-state index is -0.318. The van der Waals surface area contributed by atoms with E-state index in [1.807, 2.05) is 0 Å². The van der Waals surface area contributed by atoms with Crippen LogP contribution in [0.25, 0.3) is 0 Å². The van der Waals surface area contributed by atoms with E-state index in [1.165, 1.54) is 25.7 Å². The Labute approximate surface area is 121 Å². The molecule has 1 aliphatic heterocycles. The van der Waals surface area contributed by atoms with E-state index >= 15 is 0 Å². The second kappa shape index (κ2) is 8.60. The molecule has 3 N–H and O–H groups in total. The first-order chi connectivity index (χ1) is 9.79. The molecule has 2 fully saturated rings. The minimum absolute atomic E-state index is 0.0228. The van der Waals surface area contributed by atoms with Crippen LogP contribution in [0.4, 0.5) is 0 Å². The van der Waals surface area contributed by atoms with E-state index in [9.17, 15) is 4.79 Å². The number of hydrogen-bond donors (Lipinski definition) is 2. The molecule has 0 spiro atoms. The van der Waals surface area contributed by atoms with Gasteiger partial charge in [-0.15, -0.1) is 0 Å². The third-order valence-corrected chi connectivity index (χ3v) is 4.22. The van der Waals surface area contributed by atoms with Crippen LogP contribution >= 0.6 is 0 Å². The van der Waals surface area contributed by atoms with Crippen LogP contribution in [0.3, 0.4) is 0 Å². The van der Waals surface area contributed by atoms with Crippen molar-refractivity contribution in [1.29, 1.82) is 0 Å². The Balaban J connectivity index is 1.55. The molecule has 1 aliphatic carbocycles. The molecule has 5 heteroatoms. The van der Waals surface area contributed by atoms with Crippen molar-refractivity contribution < 1.29 is 14.3 Å².